The van der Waals surface area contributed by atoms with E-state index >= 15 is 0 Å². The standard InChI is InChI=1S/C34H20N2O3/c1-18-14-16-19(17-15-18)26-27-30-29(35-24-12-6-7-13-25(24)36-30)20-8-2-5-11-23(20)33(27)39-34-28(26)31(37)21-9-3-4-10-22(21)32(34)38/h2-17,26H,1H3. The third-order valence-electron chi connectivity index (χ3n) is 7.80. The Kier molecular flexibility index (Phi) is 4.44. The zero-order chi connectivity index (χ0) is 26.2. The van der Waals surface area contributed by atoms with E-state index in [9.17, 15) is 9.59 Å². The minimum Gasteiger partial charge on any atom is -0.452 e. The molecule has 6 aromatic rings. The molecule has 0 amide bonds. The van der Waals surface area contributed by atoms with Gasteiger partial charge in [0.2, 0.25) is 5.78 Å². The Labute approximate surface area is 223 Å². The third kappa shape index (κ3) is 3.01. The molecule has 39 heavy (non-hydrogen) atoms. The highest BCUT2D eigenvalue weighted by molar-refractivity contribution is 6.28. The summed E-state index contributed by atoms with van der Waals surface area (Å²) >= 11 is 0. The SMILES string of the molecule is Cc1ccc(C2C3=C(Oc4c2c2nc5ccccc5nc2c2ccccc42)C(=O)c2ccccc2C3=O)cc1. The van der Waals surface area contributed by atoms with Gasteiger partial charge in [0.25, 0.3) is 0 Å². The van der Waals surface area contributed by atoms with E-state index in [-0.39, 0.29) is 17.3 Å². The largest absolute Gasteiger partial charge is 0.452 e. The number of aromatic nitrogens is 2. The van der Waals surface area contributed by atoms with Crippen LogP contribution in [-0.2, 0) is 0 Å². The average Bonchev–Trinajstić information content (AvgIpc) is 2.98. The molecular formula is C34H20N2O3. The smallest absolute Gasteiger partial charge is 0.229 e. The summed E-state index contributed by atoms with van der Waals surface area (Å²) in [5, 5.41) is 1.71. The van der Waals surface area contributed by atoms with Crippen molar-refractivity contribution >= 4 is 44.4 Å². The Bertz CT molecular complexity index is 2090. The van der Waals surface area contributed by atoms with E-state index in [1.807, 2.05) is 79.7 Å². The monoisotopic (exact) mass is 504 g/mol. The molecule has 1 unspecified atom stereocenters. The summed E-state index contributed by atoms with van der Waals surface area (Å²) in [6.07, 6.45) is 0. The van der Waals surface area contributed by atoms with Gasteiger partial charge in [0.15, 0.2) is 11.5 Å². The summed E-state index contributed by atoms with van der Waals surface area (Å²) in [5.41, 5.74) is 6.80. The van der Waals surface area contributed by atoms with Crippen molar-refractivity contribution in [3.8, 4) is 5.75 Å². The number of carbonyl (C=O) groups is 2. The molecule has 0 saturated carbocycles. The molecule has 184 valence electrons. The molecule has 5 nitrogen and oxygen atoms in total. The maximum absolute atomic E-state index is 14.1. The molecule has 5 heteroatoms. The first-order chi connectivity index (χ1) is 19.1. The first kappa shape index (κ1) is 21.9. The molecule has 0 radical (unpaired) electrons. The van der Waals surface area contributed by atoms with E-state index in [1.165, 1.54) is 0 Å². The Morgan fingerprint density at radius 3 is 1.95 bits per heavy atom. The van der Waals surface area contributed by atoms with E-state index in [4.69, 9.17) is 14.7 Å². The van der Waals surface area contributed by atoms with Crippen LogP contribution in [0.1, 0.15) is 43.3 Å². The number of nitrogens with zero attached hydrogens (tertiary/aromatic N) is 2. The number of ketones is 2. The molecule has 0 saturated heterocycles. The summed E-state index contributed by atoms with van der Waals surface area (Å²) in [5.74, 6) is -0.400. The number of fused-ring (bicyclic) bond motifs is 8. The number of benzene rings is 5. The molecule has 5 aromatic carbocycles. The number of carbonyl (C=O) groups excluding carboxylic acids is 2. The van der Waals surface area contributed by atoms with E-state index in [0.29, 0.717) is 28.0 Å². The highest BCUT2D eigenvalue weighted by Gasteiger charge is 2.44. The number of para-hydroxylation sites is 2. The van der Waals surface area contributed by atoms with Gasteiger partial charge in [-0.2, -0.15) is 0 Å². The lowest BCUT2D eigenvalue weighted by Gasteiger charge is -2.34. The van der Waals surface area contributed by atoms with Crippen molar-refractivity contribution in [3.63, 3.8) is 0 Å². The maximum Gasteiger partial charge on any atom is 0.229 e. The van der Waals surface area contributed by atoms with Crippen LogP contribution in [0, 0.1) is 6.92 Å². The van der Waals surface area contributed by atoms with Crippen molar-refractivity contribution in [1.82, 2.24) is 9.97 Å². The molecule has 1 aromatic heterocycles. The molecule has 0 spiro atoms. The van der Waals surface area contributed by atoms with Gasteiger partial charge < -0.3 is 4.74 Å². The maximum atomic E-state index is 14.1. The van der Waals surface area contributed by atoms with Crippen LogP contribution in [0.5, 0.6) is 5.75 Å². The molecule has 0 N–H and O–H groups in total. The molecular weight excluding hydrogens is 484 g/mol. The molecule has 2 heterocycles. The summed E-state index contributed by atoms with van der Waals surface area (Å²) in [7, 11) is 0. The Morgan fingerprint density at radius 1 is 0.641 bits per heavy atom. The van der Waals surface area contributed by atoms with E-state index in [0.717, 1.165) is 44.0 Å². The van der Waals surface area contributed by atoms with Gasteiger partial charge in [-0.3, -0.25) is 9.59 Å². The quantitative estimate of drug-likeness (QED) is 0.176. The fourth-order valence-corrected chi connectivity index (χ4v) is 5.97. The van der Waals surface area contributed by atoms with Crippen molar-refractivity contribution in [1.29, 1.82) is 0 Å². The predicted molar refractivity (Wildman–Crippen MR) is 150 cm³/mol. The van der Waals surface area contributed by atoms with Gasteiger partial charge >= 0.3 is 0 Å². The number of hydrogen-bond donors (Lipinski definition) is 0. The average molecular weight is 505 g/mol. The van der Waals surface area contributed by atoms with Crippen LogP contribution in [0.4, 0.5) is 0 Å². The lowest BCUT2D eigenvalue weighted by Crippen LogP contribution is -2.32. The number of rotatable bonds is 1. The number of allylic oxidation sites excluding steroid dienone is 2. The Hall–Kier alpha value is -5.16. The predicted octanol–water partition coefficient (Wildman–Crippen LogP) is 7.10. The zero-order valence-corrected chi connectivity index (χ0v) is 20.9. The normalized spacial score (nSPS) is 16.3. The molecule has 8 rings (SSSR count). The van der Waals surface area contributed by atoms with Crippen LogP contribution in [-0.4, -0.2) is 21.5 Å². The van der Waals surface area contributed by atoms with Crippen LogP contribution in [0.25, 0.3) is 32.8 Å². The van der Waals surface area contributed by atoms with Gasteiger partial charge in [0, 0.05) is 33.4 Å². The molecule has 0 fully saturated rings. The third-order valence-corrected chi connectivity index (χ3v) is 7.80. The van der Waals surface area contributed by atoms with Crippen molar-refractivity contribution in [2.24, 2.45) is 0 Å². The van der Waals surface area contributed by atoms with Crippen molar-refractivity contribution < 1.29 is 14.3 Å². The van der Waals surface area contributed by atoms with Gasteiger partial charge in [0.1, 0.15) is 5.75 Å². The number of Topliss-reactive ketones (excluding diaryl/α,β-unsaturated/α-hetero) is 2. The minimum atomic E-state index is -0.559. The number of ether oxygens (including phenoxy) is 1. The van der Waals surface area contributed by atoms with Gasteiger partial charge in [-0.25, -0.2) is 9.97 Å². The second-order valence-corrected chi connectivity index (χ2v) is 10.1. The van der Waals surface area contributed by atoms with Gasteiger partial charge in [-0.1, -0.05) is 90.5 Å². The van der Waals surface area contributed by atoms with E-state index in [1.54, 1.807) is 24.3 Å². The highest BCUT2D eigenvalue weighted by Crippen LogP contribution is 2.52. The first-order valence-electron chi connectivity index (χ1n) is 12.9. The minimum absolute atomic E-state index is 0.0926. The Balaban J connectivity index is 1.55. The van der Waals surface area contributed by atoms with Crippen LogP contribution in [0.15, 0.2) is 108 Å². The second-order valence-electron chi connectivity index (χ2n) is 10.1. The fourth-order valence-electron chi connectivity index (χ4n) is 5.97. The lowest BCUT2D eigenvalue weighted by atomic mass is 9.74. The summed E-state index contributed by atoms with van der Waals surface area (Å²) in [6.45, 7) is 2.03. The summed E-state index contributed by atoms with van der Waals surface area (Å²) in [6, 6.07) is 30.7. The molecule has 2 aliphatic rings. The van der Waals surface area contributed by atoms with Crippen LogP contribution in [0.2, 0.25) is 0 Å². The van der Waals surface area contributed by atoms with Crippen LogP contribution in [0.3, 0.4) is 0 Å². The number of aryl methyl sites for hydroxylation is 1. The van der Waals surface area contributed by atoms with Crippen molar-refractivity contribution in [3.05, 3.63) is 136 Å². The zero-order valence-electron chi connectivity index (χ0n) is 20.9. The summed E-state index contributed by atoms with van der Waals surface area (Å²) in [4.78, 5) is 38.1. The second kappa shape index (κ2) is 7.92. The van der Waals surface area contributed by atoms with Gasteiger partial charge in [-0.05, 0) is 24.6 Å². The molecule has 1 aliphatic heterocycles. The van der Waals surface area contributed by atoms with Crippen molar-refractivity contribution in [2.75, 3.05) is 0 Å². The molecule has 1 aliphatic carbocycles. The fraction of sp³-hybridized carbons (Fsp3) is 0.0588. The van der Waals surface area contributed by atoms with E-state index in [2.05, 4.69) is 0 Å². The molecule has 1 atom stereocenters. The van der Waals surface area contributed by atoms with E-state index < -0.39 is 5.92 Å². The van der Waals surface area contributed by atoms with Crippen LogP contribution < -0.4 is 4.74 Å². The highest BCUT2D eigenvalue weighted by atomic mass is 16.5. The Morgan fingerprint density at radius 2 is 1.23 bits per heavy atom. The van der Waals surface area contributed by atoms with Gasteiger partial charge in [0.05, 0.1) is 27.6 Å². The topological polar surface area (TPSA) is 69.2 Å². The first-order valence-corrected chi connectivity index (χ1v) is 12.9. The number of hydrogen-bond acceptors (Lipinski definition) is 5. The lowest BCUT2D eigenvalue weighted by molar-refractivity contribution is 0.0928. The molecule has 0 bridgehead atoms. The van der Waals surface area contributed by atoms with Crippen molar-refractivity contribution in [2.45, 2.75) is 12.8 Å². The van der Waals surface area contributed by atoms with Gasteiger partial charge in [-0.15, -0.1) is 0 Å². The van der Waals surface area contributed by atoms with Crippen LogP contribution >= 0.6 is 0 Å². The summed E-state index contributed by atoms with van der Waals surface area (Å²) < 4.78 is 6.53.